The second-order valence-electron chi connectivity index (χ2n) is 11.5. The smallest absolute Gasteiger partial charge is 0.789 e. The van der Waals surface area contributed by atoms with Crippen LogP contribution in [0.2, 0.25) is 0 Å². The maximum absolute atomic E-state index is 12.1. The van der Waals surface area contributed by atoms with Gasteiger partial charge in [0.1, 0.15) is 0 Å². The molecule has 0 aliphatic heterocycles. The number of esters is 4. The summed E-state index contributed by atoms with van der Waals surface area (Å²) >= 11 is 9.49. The van der Waals surface area contributed by atoms with Gasteiger partial charge < -0.3 is 44.2 Å². The molecule has 0 saturated heterocycles. The van der Waals surface area contributed by atoms with Gasteiger partial charge in [0.15, 0.2) is 0 Å². The zero-order valence-electron chi connectivity index (χ0n) is 28.3. The molecular formula is C38H58O8S2Sn. The van der Waals surface area contributed by atoms with Crippen LogP contribution in [0, 0.1) is 11.8 Å². The van der Waals surface area contributed by atoms with Gasteiger partial charge in [0.05, 0.1) is 48.7 Å². The molecule has 2 aromatic carbocycles. The molecule has 0 spiro atoms. The first kappa shape index (κ1) is 51.2. The predicted octanol–water partition coefficient (Wildman–Crippen LogP) is 8.42. The van der Waals surface area contributed by atoms with E-state index in [0.29, 0.717) is 36.6 Å². The normalized spacial score (nSPS) is 9.96. The molecule has 2 radical (unpaired) electrons. The summed E-state index contributed by atoms with van der Waals surface area (Å²) < 4.78 is 20.5. The Bertz CT molecular complexity index is 1100. The molecule has 0 heterocycles. The summed E-state index contributed by atoms with van der Waals surface area (Å²) in [7, 11) is 0. The standard InChI is InChI=1S/2C18H26O4S.2CH4.Sn/c2*1-14(2)8-4-3-7-11-21-17(19)15-9-5-6-10-16(15)18(20)22-12-13-23;;;/h2*5-6,9-10,14,23H,3-4,7-8,11-13H2,1-2H3;2*1H4;/q;;;;+2/p-2. The average Bonchev–Trinajstić information content (AvgIpc) is 3.05. The quantitative estimate of drug-likeness (QED) is 0.0425. The van der Waals surface area contributed by atoms with Crippen molar-refractivity contribution in [1.82, 2.24) is 0 Å². The first-order valence-electron chi connectivity index (χ1n) is 16.1. The molecule has 2 aromatic rings. The number of unbranched alkanes of at least 4 members (excludes halogenated alkanes) is 4. The van der Waals surface area contributed by atoms with Crippen LogP contribution in [-0.2, 0) is 44.2 Å². The second-order valence-corrected chi connectivity index (χ2v) is 12.3. The molecule has 0 aliphatic rings. The van der Waals surface area contributed by atoms with Crippen LogP contribution in [0.5, 0.6) is 0 Å². The fourth-order valence-corrected chi connectivity index (χ4v) is 4.42. The van der Waals surface area contributed by atoms with Gasteiger partial charge in [-0.3, -0.25) is 0 Å². The third kappa shape index (κ3) is 23.0. The minimum atomic E-state index is -0.542. The Morgan fingerprint density at radius 2 is 0.755 bits per heavy atom. The number of benzene rings is 2. The van der Waals surface area contributed by atoms with E-state index in [2.05, 4.69) is 27.7 Å². The Morgan fingerprint density at radius 3 is 1.00 bits per heavy atom. The van der Waals surface area contributed by atoms with Crippen LogP contribution in [0.3, 0.4) is 0 Å². The van der Waals surface area contributed by atoms with Crippen molar-refractivity contribution in [3.05, 3.63) is 70.8 Å². The van der Waals surface area contributed by atoms with E-state index in [0.717, 1.165) is 38.5 Å². The first-order valence-corrected chi connectivity index (χ1v) is 17.3. The summed E-state index contributed by atoms with van der Waals surface area (Å²) in [6.45, 7) is 9.84. The van der Waals surface area contributed by atoms with E-state index < -0.39 is 23.9 Å². The minimum Gasteiger partial charge on any atom is -0.789 e. The van der Waals surface area contributed by atoms with Gasteiger partial charge in [0.2, 0.25) is 0 Å². The van der Waals surface area contributed by atoms with Crippen molar-refractivity contribution in [3.63, 3.8) is 0 Å². The Kier molecular flexibility index (Phi) is 33.2. The minimum absolute atomic E-state index is 0. The number of carbonyl (C=O) groups is 4. The average molecular weight is 826 g/mol. The van der Waals surface area contributed by atoms with Gasteiger partial charge >= 0.3 is 47.8 Å². The van der Waals surface area contributed by atoms with Crippen LogP contribution in [0.1, 0.15) is 135 Å². The Hall–Kier alpha value is -2.18. The van der Waals surface area contributed by atoms with Crippen LogP contribution in [0.25, 0.3) is 0 Å². The summed E-state index contributed by atoms with van der Waals surface area (Å²) in [6.07, 6.45) is 8.39. The largest absolute Gasteiger partial charge is 2.00 e. The number of hydrogen-bond donors (Lipinski definition) is 0. The molecule has 274 valence electrons. The molecule has 0 unspecified atom stereocenters. The molecule has 0 aliphatic carbocycles. The van der Waals surface area contributed by atoms with Gasteiger partial charge in [0, 0.05) is 0 Å². The molecular weight excluding hydrogens is 767 g/mol. The zero-order chi connectivity index (χ0) is 34.2. The number of ether oxygens (including phenoxy) is 4. The van der Waals surface area contributed by atoms with Crippen LogP contribution >= 0.6 is 0 Å². The van der Waals surface area contributed by atoms with Crippen molar-refractivity contribution in [2.45, 2.75) is 93.9 Å². The SMILES string of the molecule is C.C.CC(C)CCCCCOC(=O)c1ccccc1C(=O)OCC[S-].CC(C)CCCCCOC(=O)c1ccccc1C(=O)OCC[S-].[Sn+2]. The molecule has 0 saturated carbocycles. The van der Waals surface area contributed by atoms with Crippen molar-refractivity contribution in [3.8, 4) is 0 Å². The Labute approximate surface area is 323 Å². The van der Waals surface area contributed by atoms with E-state index in [1.165, 1.54) is 12.8 Å². The molecule has 11 heteroatoms. The van der Waals surface area contributed by atoms with Gasteiger partial charge in [-0.1, -0.05) is 105 Å². The maximum Gasteiger partial charge on any atom is 2.00 e. The summed E-state index contributed by atoms with van der Waals surface area (Å²) in [5.41, 5.74) is 0.926. The molecule has 8 nitrogen and oxygen atoms in total. The second kappa shape index (κ2) is 31.8. The molecule has 0 fully saturated rings. The van der Waals surface area contributed by atoms with Gasteiger partial charge in [-0.2, -0.15) is 0 Å². The van der Waals surface area contributed by atoms with Crippen molar-refractivity contribution in [2.75, 3.05) is 37.9 Å². The molecule has 0 N–H and O–H groups in total. The monoisotopic (exact) mass is 826 g/mol. The van der Waals surface area contributed by atoms with E-state index >= 15 is 0 Å². The number of hydrogen-bond acceptors (Lipinski definition) is 10. The van der Waals surface area contributed by atoms with E-state index in [4.69, 9.17) is 44.2 Å². The van der Waals surface area contributed by atoms with Crippen molar-refractivity contribution in [1.29, 1.82) is 0 Å². The van der Waals surface area contributed by atoms with E-state index in [1.54, 1.807) is 48.5 Å². The van der Waals surface area contributed by atoms with Gasteiger partial charge in [0.25, 0.3) is 0 Å². The molecule has 0 bridgehead atoms. The fourth-order valence-electron chi connectivity index (χ4n) is 4.25. The third-order valence-electron chi connectivity index (χ3n) is 6.68. The van der Waals surface area contributed by atoms with Crippen molar-refractivity contribution < 1.29 is 38.1 Å². The summed E-state index contributed by atoms with van der Waals surface area (Å²) in [5.74, 6) is -0.00179. The van der Waals surface area contributed by atoms with E-state index in [-0.39, 0.29) is 74.2 Å². The molecule has 0 atom stereocenters. The molecule has 2 rings (SSSR count). The number of rotatable bonds is 20. The molecule has 49 heavy (non-hydrogen) atoms. The Balaban J connectivity index is -0.000000814. The van der Waals surface area contributed by atoms with Gasteiger partial charge in [-0.25, -0.2) is 19.2 Å². The van der Waals surface area contributed by atoms with Crippen LogP contribution < -0.4 is 0 Å². The van der Waals surface area contributed by atoms with Crippen LogP contribution in [0.4, 0.5) is 0 Å². The molecule has 0 amide bonds. The topological polar surface area (TPSA) is 105 Å². The summed E-state index contributed by atoms with van der Waals surface area (Å²) in [4.78, 5) is 48.1. The van der Waals surface area contributed by atoms with E-state index in [9.17, 15) is 19.2 Å². The Morgan fingerprint density at radius 1 is 0.490 bits per heavy atom. The zero-order valence-corrected chi connectivity index (χ0v) is 32.7. The van der Waals surface area contributed by atoms with Gasteiger partial charge in [-0.15, -0.1) is 11.5 Å². The fraction of sp³-hybridized carbons (Fsp3) is 0.579. The maximum atomic E-state index is 12.1. The molecule has 0 aromatic heterocycles. The van der Waals surface area contributed by atoms with Gasteiger partial charge in [-0.05, 0) is 48.9 Å². The summed E-state index contributed by atoms with van der Waals surface area (Å²) in [5, 5.41) is 0. The van der Waals surface area contributed by atoms with Crippen LogP contribution in [-0.4, -0.2) is 85.7 Å². The van der Waals surface area contributed by atoms with E-state index in [1.807, 2.05) is 0 Å². The predicted molar refractivity (Wildman–Crippen MR) is 204 cm³/mol. The first-order chi connectivity index (χ1) is 22.1. The van der Waals surface area contributed by atoms with Crippen LogP contribution in [0.15, 0.2) is 48.5 Å². The number of carbonyl (C=O) groups excluding carboxylic acids is 4. The van der Waals surface area contributed by atoms with Crippen molar-refractivity contribution in [2.24, 2.45) is 11.8 Å². The summed E-state index contributed by atoms with van der Waals surface area (Å²) in [6, 6.07) is 13.0. The third-order valence-corrected chi connectivity index (χ3v) is 7.02. The van der Waals surface area contributed by atoms with Crippen molar-refractivity contribution >= 4 is 73.0 Å².